The van der Waals surface area contributed by atoms with E-state index in [0.717, 1.165) is 11.3 Å². The number of benzene rings is 2. The summed E-state index contributed by atoms with van der Waals surface area (Å²) in [4.78, 5) is 0. The monoisotopic (exact) mass is 490 g/mol. The van der Waals surface area contributed by atoms with Gasteiger partial charge in [0.05, 0.1) is 5.30 Å². The Morgan fingerprint density at radius 3 is 1.54 bits per heavy atom. The van der Waals surface area contributed by atoms with Crippen LogP contribution in [-0.4, -0.2) is 11.3 Å². The third-order valence-electron chi connectivity index (χ3n) is 9.21. The van der Waals surface area contributed by atoms with E-state index in [1.54, 1.807) is 22.0 Å². The topological polar surface area (TPSA) is 0 Å². The molecule has 0 aromatic heterocycles. The summed E-state index contributed by atoms with van der Waals surface area (Å²) in [6.07, 6.45) is 14.1. The van der Waals surface area contributed by atoms with Crippen molar-refractivity contribution in [3.05, 3.63) is 59.8 Å². The quantitative estimate of drug-likeness (QED) is 0.267. The predicted octanol–water partition coefficient (Wildman–Crippen LogP) is 10.8. The first-order valence-electron chi connectivity index (χ1n) is 14.8. The van der Waals surface area contributed by atoms with E-state index < -0.39 is 7.26 Å². The molecular formula is C34H51P. The molecule has 192 valence electrons. The summed E-state index contributed by atoms with van der Waals surface area (Å²) in [5.74, 6) is 1.57. The summed E-state index contributed by atoms with van der Waals surface area (Å²) in [5.41, 5.74) is 9.32. The van der Waals surface area contributed by atoms with Crippen molar-refractivity contribution < 1.29 is 0 Å². The Labute approximate surface area is 218 Å². The van der Waals surface area contributed by atoms with Gasteiger partial charge in [-0.2, -0.15) is 6.66 Å². The molecule has 0 spiro atoms. The van der Waals surface area contributed by atoms with Crippen LogP contribution in [0.25, 0.3) is 11.1 Å². The van der Waals surface area contributed by atoms with Gasteiger partial charge in [0.2, 0.25) is 0 Å². The van der Waals surface area contributed by atoms with Gasteiger partial charge in [-0.15, -0.1) is 0 Å². The Morgan fingerprint density at radius 1 is 0.657 bits per heavy atom. The van der Waals surface area contributed by atoms with E-state index in [4.69, 9.17) is 6.66 Å². The van der Waals surface area contributed by atoms with E-state index in [9.17, 15) is 0 Å². The minimum absolute atomic E-state index is 0.510. The lowest BCUT2D eigenvalue weighted by Gasteiger charge is -2.47. The maximum atomic E-state index is 5.38. The maximum Gasteiger partial charge on any atom is 0.0729 e. The SMILES string of the molecule is [CH2-][P+](c1ccccc1-c1c(C(C)C)cc(C(C)C)cc1C(C)C)(C1CCCCC1)C1CCCCC1. The minimum atomic E-state index is -1.56. The summed E-state index contributed by atoms with van der Waals surface area (Å²) in [7, 11) is -1.56. The van der Waals surface area contributed by atoms with Gasteiger partial charge in [-0.05, 0) is 97.4 Å². The van der Waals surface area contributed by atoms with Crippen LogP contribution in [-0.2, 0) is 0 Å². The lowest BCUT2D eigenvalue weighted by Crippen LogP contribution is -2.34. The van der Waals surface area contributed by atoms with Crippen molar-refractivity contribution in [3.8, 4) is 11.1 Å². The van der Waals surface area contributed by atoms with E-state index in [1.165, 1.54) is 75.3 Å². The van der Waals surface area contributed by atoms with Crippen molar-refractivity contribution in [3.63, 3.8) is 0 Å². The molecule has 2 aliphatic rings. The molecule has 0 unspecified atom stereocenters. The highest BCUT2D eigenvalue weighted by Crippen LogP contribution is 2.71. The Bertz CT molecular complexity index is 923. The first-order valence-corrected chi connectivity index (χ1v) is 16.9. The van der Waals surface area contributed by atoms with Crippen molar-refractivity contribution in [2.75, 3.05) is 0 Å². The van der Waals surface area contributed by atoms with E-state index in [2.05, 4.69) is 77.9 Å². The Hall–Kier alpha value is -1.13. The second-order valence-corrected chi connectivity index (χ2v) is 16.4. The van der Waals surface area contributed by atoms with Gasteiger partial charge in [-0.1, -0.05) is 92.0 Å². The van der Waals surface area contributed by atoms with Gasteiger partial charge in [0, 0.05) is 16.9 Å². The molecule has 1 heteroatoms. The molecule has 0 bridgehead atoms. The van der Waals surface area contributed by atoms with Crippen molar-refractivity contribution in [1.29, 1.82) is 0 Å². The summed E-state index contributed by atoms with van der Waals surface area (Å²) in [6.45, 7) is 19.6. The van der Waals surface area contributed by atoms with Gasteiger partial charge >= 0.3 is 0 Å². The first kappa shape index (κ1) is 26.9. The normalized spacial score (nSPS) is 18.7. The van der Waals surface area contributed by atoms with E-state index in [0.29, 0.717) is 17.8 Å². The van der Waals surface area contributed by atoms with Crippen molar-refractivity contribution in [2.24, 2.45) is 0 Å². The molecule has 35 heavy (non-hydrogen) atoms. The fourth-order valence-electron chi connectivity index (χ4n) is 7.09. The summed E-state index contributed by atoms with van der Waals surface area (Å²) < 4.78 is 0. The maximum absolute atomic E-state index is 5.38. The molecule has 0 heterocycles. The number of rotatable bonds is 7. The van der Waals surface area contributed by atoms with Crippen molar-refractivity contribution >= 4 is 12.6 Å². The summed E-state index contributed by atoms with van der Waals surface area (Å²) in [6, 6.07) is 14.7. The van der Waals surface area contributed by atoms with Crippen LogP contribution in [0.4, 0.5) is 0 Å². The Kier molecular flexibility index (Phi) is 8.85. The van der Waals surface area contributed by atoms with Gasteiger partial charge in [0.25, 0.3) is 0 Å². The fraction of sp³-hybridized carbons (Fsp3) is 0.618. The molecule has 2 aliphatic carbocycles. The molecule has 2 aromatic carbocycles. The smallest absolute Gasteiger partial charge is 0.0729 e. The van der Waals surface area contributed by atoms with Gasteiger partial charge in [-0.3, -0.25) is 0 Å². The lowest BCUT2D eigenvalue weighted by molar-refractivity contribution is 0.483. The van der Waals surface area contributed by atoms with E-state index in [1.807, 2.05) is 0 Å². The largest absolute Gasteiger partial charge is 0.174 e. The average molecular weight is 491 g/mol. The van der Waals surface area contributed by atoms with E-state index in [-0.39, 0.29) is 0 Å². The molecule has 0 N–H and O–H groups in total. The highest BCUT2D eigenvalue weighted by molar-refractivity contribution is 7.85. The zero-order valence-electron chi connectivity index (χ0n) is 23.6. The lowest BCUT2D eigenvalue weighted by atomic mass is 9.82. The van der Waals surface area contributed by atoms with Gasteiger partial charge < -0.3 is 0 Å². The molecule has 0 saturated heterocycles. The highest BCUT2D eigenvalue weighted by Gasteiger charge is 2.46. The van der Waals surface area contributed by atoms with Crippen LogP contribution in [0.15, 0.2) is 36.4 Å². The zero-order valence-corrected chi connectivity index (χ0v) is 24.5. The second kappa shape index (κ2) is 11.5. The Morgan fingerprint density at radius 2 is 1.11 bits per heavy atom. The van der Waals surface area contributed by atoms with Crippen molar-refractivity contribution in [1.82, 2.24) is 0 Å². The van der Waals surface area contributed by atoms with Crippen LogP contribution < -0.4 is 5.30 Å². The molecule has 0 aliphatic heterocycles. The summed E-state index contributed by atoms with van der Waals surface area (Å²) >= 11 is 0. The van der Waals surface area contributed by atoms with Crippen LogP contribution in [0.5, 0.6) is 0 Å². The molecule has 2 fully saturated rings. The zero-order chi connectivity index (χ0) is 25.2. The van der Waals surface area contributed by atoms with Crippen LogP contribution in [0.2, 0.25) is 0 Å². The number of hydrogen-bond acceptors (Lipinski definition) is 0. The van der Waals surface area contributed by atoms with E-state index >= 15 is 0 Å². The van der Waals surface area contributed by atoms with Crippen LogP contribution in [0.3, 0.4) is 0 Å². The molecule has 2 saturated carbocycles. The molecule has 0 nitrogen and oxygen atoms in total. The molecule has 2 aromatic rings. The molecule has 0 amide bonds. The third kappa shape index (κ3) is 5.44. The molecule has 0 radical (unpaired) electrons. The molecule has 4 rings (SSSR count). The van der Waals surface area contributed by atoms with Crippen molar-refractivity contribution in [2.45, 2.75) is 135 Å². The predicted molar refractivity (Wildman–Crippen MR) is 160 cm³/mol. The van der Waals surface area contributed by atoms with Gasteiger partial charge in [-0.25, -0.2) is 0 Å². The fourth-order valence-corrected chi connectivity index (χ4v) is 12.0. The third-order valence-corrected chi connectivity index (χ3v) is 14.1. The molecule has 0 atom stereocenters. The standard InChI is InChI=1S/C34H51P/c1-24(2)27-22-31(25(3)4)34(32(23-27)26(5)6)30-20-14-15-21-33(30)35(7,28-16-10-8-11-17-28)29-18-12-9-13-19-29/h14-15,20-26,28-29H,7-13,16-19H2,1-6H3. The molecular weight excluding hydrogens is 439 g/mol. The first-order chi connectivity index (χ1) is 16.7. The van der Waals surface area contributed by atoms with Crippen LogP contribution >= 0.6 is 7.26 Å². The second-order valence-electron chi connectivity index (χ2n) is 12.6. The van der Waals surface area contributed by atoms with Crippen LogP contribution in [0, 0.1) is 6.66 Å². The van der Waals surface area contributed by atoms with Crippen LogP contribution in [0.1, 0.15) is 140 Å². The van der Waals surface area contributed by atoms with Gasteiger partial charge in [0.1, 0.15) is 0 Å². The summed E-state index contributed by atoms with van der Waals surface area (Å²) in [5, 5.41) is 1.67. The average Bonchev–Trinajstić information content (AvgIpc) is 2.88. The Balaban J connectivity index is 1.97. The van der Waals surface area contributed by atoms with Gasteiger partial charge in [0.15, 0.2) is 0 Å². The highest BCUT2D eigenvalue weighted by atomic mass is 31.2. The minimum Gasteiger partial charge on any atom is -0.174 e. The number of hydrogen-bond donors (Lipinski definition) is 0.